The van der Waals surface area contributed by atoms with E-state index in [-0.39, 0.29) is 11.1 Å². The quantitative estimate of drug-likeness (QED) is 0.469. The molecule has 0 aromatic heterocycles. The lowest BCUT2D eigenvalue weighted by Gasteiger charge is -2.53. The first-order chi connectivity index (χ1) is 14.3. The Morgan fingerprint density at radius 1 is 1.10 bits per heavy atom. The lowest BCUT2D eigenvalue weighted by Crippen LogP contribution is -2.56. The van der Waals surface area contributed by atoms with E-state index >= 15 is 0 Å². The van der Waals surface area contributed by atoms with Crippen LogP contribution in [0.3, 0.4) is 0 Å². The van der Waals surface area contributed by atoms with E-state index < -0.39 is 25.6 Å². The number of methoxy groups -OCH3 is 1. The molecule has 0 bridgehead atoms. The van der Waals surface area contributed by atoms with Gasteiger partial charge >= 0.3 is 0 Å². The third-order valence-corrected chi connectivity index (χ3v) is 12.2. The van der Waals surface area contributed by atoms with E-state index in [2.05, 4.69) is 54.6 Å². The van der Waals surface area contributed by atoms with Crippen LogP contribution in [0.15, 0.2) is 35.4 Å². The summed E-state index contributed by atoms with van der Waals surface area (Å²) in [5.41, 5.74) is 2.32. The van der Waals surface area contributed by atoms with Crippen molar-refractivity contribution in [3.05, 3.63) is 41.0 Å². The lowest BCUT2D eigenvalue weighted by molar-refractivity contribution is -0.238. The molecule has 31 heavy (non-hydrogen) atoms. The van der Waals surface area contributed by atoms with Crippen molar-refractivity contribution in [3.63, 3.8) is 0 Å². The molecule has 1 N–H and O–H groups in total. The van der Waals surface area contributed by atoms with Crippen LogP contribution in [0.1, 0.15) is 59.6 Å². The molecule has 2 atom stereocenters. The van der Waals surface area contributed by atoms with Crippen LogP contribution < -0.4 is 4.74 Å². The minimum absolute atomic E-state index is 0.0829. The maximum absolute atomic E-state index is 11.6. The van der Waals surface area contributed by atoms with Gasteiger partial charge in [-0.05, 0) is 53.9 Å². The maximum Gasteiger partial charge on any atom is 0.192 e. The molecule has 2 aliphatic rings. The smallest absolute Gasteiger partial charge is 0.192 e. The molecule has 1 heterocycles. The van der Waals surface area contributed by atoms with Crippen LogP contribution in [0, 0.1) is 5.41 Å². The summed E-state index contributed by atoms with van der Waals surface area (Å²) in [6, 6.07) is 7.60. The lowest BCUT2D eigenvalue weighted by atomic mass is 9.64. The third kappa shape index (κ3) is 4.25. The molecular formula is C25H40O5Si. The first-order valence-electron chi connectivity index (χ1n) is 11.2. The van der Waals surface area contributed by atoms with Crippen molar-refractivity contribution >= 4 is 8.32 Å². The van der Waals surface area contributed by atoms with E-state index in [9.17, 15) is 5.11 Å². The first kappa shape index (κ1) is 24.5. The monoisotopic (exact) mass is 448 g/mol. The number of ether oxygens (including phenoxy) is 3. The second-order valence-electron chi connectivity index (χ2n) is 10.9. The van der Waals surface area contributed by atoms with E-state index in [4.69, 9.17) is 18.6 Å². The largest absolute Gasteiger partial charge is 0.497 e. The van der Waals surface area contributed by atoms with Crippen molar-refractivity contribution in [2.24, 2.45) is 5.41 Å². The summed E-state index contributed by atoms with van der Waals surface area (Å²) in [5.74, 6) is -0.0369. The van der Waals surface area contributed by atoms with Crippen LogP contribution >= 0.6 is 0 Å². The Kier molecular flexibility index (Phi) is 6.55. The van der Waals surface area contributed by atoms with E-state index in [1.54, 1.807) is 7.11 Å². The molecule has 1 aliphatic heterocycles. The van der Waals surface area contributed by atoms with Crippen LogP contribution in [-0.2, 0) is 13.9 Å². The molecule has 3 rings (SSSR count). The number of benzene rings is 1. The molecule has 1 spiro atoms. The highest BCUT2D eigenvalue weighted by Gasteiger charge is 2.59. The zero-order valence-corrected chi connectivity index (χ0v) is 21.7. The summed E-state index contributed by atoms with van der Waals surface area (Å²) in [5, 5.41) is 11.7. The minimum Gasteiger partial charge on any atom is -0.497 e. The van der Waals surface area contributed by atoms with Gasteiger partial charge in [-0.2, -0.15) is 0 Å². The van der Waals surface area contributed by atoms with Gasteiger partial charge in [0.15, 0.2) is 14.1 Å². The fourth-order valence-electron chi connectivity index (χ4n) is 4.63. The first-order valence-corrected chi connectivity index (χ1v) is 14.2. The normalized spacial score (nSPS) is 24.5. The molecule has 1 aliphatic carbocycles. The molecule has 1 saturated heterocycles. The summed E-state index contributed by atoms with van der Waals surface area (Å²) in [6.07, 6.45) is -0.303. The van der Waals surface area contributed by atoms with Gasteiger partial charge in [0.2, 0.25) is 0 Å². The molecule has 2 unspecified atom stereocenters. The van der Waals surface area contributed by atoms with E-state index in [0.29, 0.717) is 19.6 Å². The Balaban J connectivity index is 2.08. The Hall–Kier alpha value is -1.18. The number of hydrogen-bond acceptors (Lipinski definition) is 5. The van der Waals surface area contributed by atoms with Crippen LogP contribution in [-0.4, -0.2) is 45.6 Å². The second kappa shape index (κ2) is 8.30. The fraction of sp³-hybridized carbons (Fsp3) is 0.680. The van der Waals surface area contributed by atoms with Gasteiger partial charge in [-0.1, -0.05) is 46.8 Å². The standard InChI is InChI=1S/C25H40O5Si/c1-17-20(30-31(8,9)23(2,3)4)16-25(28-14-15-29-25)24(5,6)21(17)22(26)18-10-12-19(27-7)13-11-18/h10-13,20,22,26H,14-16H2,1-9H3. The predicted molar refractivity (Wildman–Crippen MR) is 126 cm³/mol. The van der Waals surface area contributed by atoms with Gasteiger partial charge in [0.1, 0.15) is 11.9 Å². The Labute approximate surface area is 188 Å². The zero-order chi connectivity index (χ0) is 23.2. The average molecular weight is 449 g/mol. The van der Waals surface area contributed by atoms with E-state index in [1.165, 1.54) is 0 Å². The Morgan fingerprint density at radius 3 is 2.13 bits per heavy atom. The third-order valence-electron chi connectivity index (χ3n) is 7.69. The summed E-state index contributed by atoms with van der Waals surface area (Å²) in [4.78, 5) is 0. The topological polar surface area (TPSA) is 57.2 Å². The summed E-state index contributed by atoms with van der Waals surface area (Å²) in [7, 11) is -0.405. The van der Waals surface area contributed by atoms with Crippen molar-refractivity contribution in [2.75, 3.05) is 20.3 Å². The Morgan fingerprint density at radius 2 is 1.65 bits per heavy atom. The number of aliphatic hydroxyl groups is 1. The SMILES string of the molecule is COc1ccc(C(O)C2=C(C)C(O[Si](C)(C)C(C)(C)C)CC3(OCCO3)C2(C)C)cc1. The van der Waals surface area contributed by atoms with Gasteiger partial charge in [0.25, 0.3) is 0 Å². The van der Waals surface area contributed by atoms with Gasteiger partial charge in [-0.25, -0.2) is 0 Å². The molecule has 1 aromatic rings. The highest BCUT2D eigenvalue weighted by atomic mass is 28.4. The molecule has 1 aromatic carbocycles. The highest BCUT2D eigenvalue weighted by Crippen LogP contribution is 2.56. The summed E-state index contributed by atoms with van der Waals surface area (Å²) in [6.45, 7) is 18.7. The average Bonchev–Trinajstić information content (AvgIpc) is 3.15. The van der Waals surface area contributed by atoms with Crippen molar-refractivity contribution < 1.29 is 23.7 Å². The van der Waals surface area contributed by atoms with Crippen molar-refractivity contribution in [1.29, 1.82) is 0 Å². The van der Waals surface area contributed by atoms with Crippen LogP contribution in [0.2, 0.25) is 18.1 Å². The number of hydrogen-bond donors (Lipinski definition) is 1. The van der Waals surface area contributed by atoms with Gasteiger partial charge < -0.3 is 23.7 Å². The molecule has 6 heteroatoms. The van der Waals surface area contributed by atoms with Gasteiger partial charge in [0.05, 0.1) is 26.4 Å². The number of rotatable bonds is 5. The van der Waals surface area contributed by atoms with Gasteiger partial charge in [0, 0.05) is 11.8 Å². The predicted octanol–water partition coefficient (Wildman–Crippen LogP) is 5.61. The fourth-order valence-corrected chi connectivity index (χ4v) is 5.96. The maximum atomic E-state index is 11.6. The molecule has 0 radical (unpaired) electrons. The Bertz CT molecular complexity index is 813. The van der Waals surface area contributed by atoms with Crippen LogP contribution in [0.4, 0.5) is 0 Å². The second-order valence-corrected chi connectivity index (χ2v) is 15.7. The number of aliphatic hydroxyl groups excluding tert-OH is 1. The summed E-state index contributed by atoms with van der Waals surface area (Å²) < 4.78 is 24.7. The molecule has 0 amide bonds. The van der Waals surface area contributed by atoms with Crippen molar-refractivity contribution in [3.8, 4) is 5.75 Å². The molecule has 174 valence electrons. The van der Waals surface area contributed by atoms with Crippen molar-refractivity contribution in [2.45, 2.75) is 84.1 Å². The van der Waals surface area contributed by atoms with Gasteiger partial charge in [-0.3, -0.25) is 0 Å². The van der Waals surface area contributed by atoms with Crippen molar-refractivity contribution in [1.82, 2.24) is 0 Å². The molecular weight excluding hydrogens is 408 g/mol. The van der Waals surface area contributed by atoms with Crippen LogP contribution in [0.25, 0.3) is 0 Å². The van der Waals surface area contributed by atoms with E-state index in [1.807, 2.05) is 24.3 Å². The summed E-state index contributed by atoms with van der Waals surface area (Å²) >= 11 is 0. The highest BCUT2D eigenvalue weighted by molar-refractivity contribution is 6.74. The molecule has 0 saturated carbocycles. The van der Waals surface area contributed by atoms with Gasteiger partial charge in [-0.15, -0.1) is 0 Å². The zero-order valence-electron chi connectivity index (χ0n) is 20.7. The minimum atomic E-state index is -2.05. The van der Waals surface area contributed by atoms with Crippen LogP contribution in [0.5, 0.6) is 5.75 Å². The molecule has 5 nitrogen and oxygen atoms in total. The molecule has 1 fully saturated rings. The van der Waals surface area contributed by atoms with E-state index in [0.717, 1.165) is 22.5 Å².